The molecule has 262 valence electrons. The highest BCUT2D eigenvalue weighted by Crippen LogP contribution is 2.49. The molecule has 0 N–H and O–H groups in total. The van der Waals surface area contributed by atoms with Gasteiger partial charge in [0.2, 0.25) is 12.7 Å². The number of ether oxygens (including phenoxy) is 4. The third-order valence-corrected chi connectivity index (χ3v) is 11.2. The van der Waals surface area contributed by atoms with Crippen molar-refractivity contribution in [3.63, 3.8) is 0 Å². The number of esters is 3. The maximum atomic E-state index is 15.3. The van der Waals surface area contributed by atoms with Gasteiger partial charge in [0.15, 0.2) is 0 Å². The molecular formula is C36H43N2O10P. The molecule has 49 heavy (non-hydrogen) atoms. The van der Waals surface area contributed by atoms with Crippen LogP contribution in [-0.2, 0) is 55.8 Å². The summed E-state index contributed by atoms with van der Waals surface area (Å²) in [5.74, 6) is -1.69. The number of hydrogen-bond donors (Lipinski definition) is 0. The average Bonchev–Trinajstić information content (AvgIpc) is 3.11. The second kappa shape index (κ2) is 18.2. The van der Waals surface area contributed by atoms with Crippen molar-refractivity contribution >= 4 is 47.7 Å². The van der Waals surface area contributed by atoms with Gasteiger partial charge in [0, 0.05) is 35.8 Å². The molecule has 3 aromatic rings. The van der Waals surface area contributed by atoms with Gasteiger partial charge in [0.25, 0.3) is 6.47 Å². The van der Waals surface area contributed by atoms with Crippen LogP contribution < -0.4 is 10.6 Å². The second-order valence-corrected chi connectivity index (χ2v) is 14.0. The molecule has 0 saturated carbocycles. The first-order valence-corrected chi connectivity index (χ1v) is 17.2. The smallest absolute Gasteiger partial charge is 0.319 e. The maximum absolute atomic E-state index is 15.3. The lowest BCUT2D eigenvalue weighted by molar-refractivity contribution is -0.146. The van der Waals surface area contributed by atoms with Crippen LogP contribution in [0.3, 0.4) is 0 Å². The Balaban J connectivity index is 2.34. The first kappa shape index (κ1) is 38.8. The Kier molecular flexibility index (Phi) is 14.4. The molecule has 3 aromatic carbocycles. The largest absolute Gasteiger partial charge is 0.468 e. The van der Waals surface area contributed by atoms with Crippen molar-refractivity contribution in [2.24, 2.45) is 0 Å². The molecular weight excluding hydrogens is 651 g/mol. The molecule has 0 aliphatic rings. The van der Waals surface area contributed by atoms with Gasteiger partial charge in [-0.3, -0.25) is 33.8 Å². The average molecular weight is 695 g/mol. The van der Waals surface area contributed by atoms with Gasteiger partial charge in [0.05, 0.1) is 41.0 Å². The van der Waals surface area contributed by atoms with Crippen LogP contribution in [0, 0.1) is 20.8 Å². The molecule has 0 radical (unpaired) electrons. The number of methoxy groups -OCH3 is 3. The fourth-order valence-electron chi connectivity index (χ4n) is 5.74. The number of benzene rings is 3. The minimum absolute atomic E-state index is 0.00759. The molecule has 0 atom stereocenters. The molecule has 13 heteroatoms. The fourth-order valence-corrected chi connectivity index (χ4v) is 8.34. The summed E-state index contributed by atoms with van der Waals surface area (Å²) in [6.07, 6.45) is 0. The van der Waals surface area contributed by atoms with Crippen molar-refractivity contribution < 1.29 is 47.5 Å². The maximum Gasteiger partial charge on any atom is 0.319 e. The molecule has 0 unspecified atom stereocenters. The third kappa shape index (κ3) is 9.50. The predicted molar refractivity (Wildman–Crippen MR) is 183 cm³/mol. The molecule has 0 fully saturated rings. The van der Waals surface area contributed by atoms with Crippen LogP contribution in [0.25, 0.3) is 0 Å². The Morgan fingerprint density at radius 1 is 0.653 bits per heavy atom. The van der Waals surface area contributed by atoms with Gasteiger partial charge in [0.1, 0.15) is 6.61 Å². The number of carbonyl (C=O) groups excluding carboxylic acids is 5. The Labute approximate surface area is 286 Å². The van der Waals surface area contributed by atoms with Crippen LogP contribution in [0.1, 0.15) is 38.2 Å². The van der Waals surface area contributed by atoms with Gasteiger partial charge in [-0.25, -0.2) is 0 Å². The molecule has 0 heterocycles. The van der Waals surface area contributed by atoms with Gasteiger partial charge < -0.3 is 23.5 Å². The topological polar surface area (TPSA) is 146 Å². The number of rotatable bonds is 18. The molecule has 0 aliphatic carbocycles. The normalized spacial score (nSPS) is 11.3. The van der Waals surface area contributed by atoms with Crippen LogP contribution >= 0.6 is 7.14 Å². The highest BCUT2D eigenvalue weighted by Gasteiger charge is 2.39. The van der Waals surface area contributed by atoms with E-state index in [4.69, 9.17) is 18.9 Å². The lowest BCUT2D eigenvalue weighted by atomic mass is 9.88. The van der Waals surface area contributed by atoms with E-state index in [0.717, 1.165) is 5.56 Å². The molecule has 3 rings (SSSR count). The monoisotopic (exact) mass is 694 g/mol. The van der Waals surface area contributed by atoms with Gasteiger partial charge in [-0.05, 0) is 48.6 Å². The summed E-state index contributed by atoms with van der Waals surface area (Å²) in [5.41, 5.74) is 2.72. The Morgan fingerprint density at radius 2 is 1.06 bits per heavy atom. The minimum atomic E-state index is -3.97. The van der Waals surface area contributed by atoms with E-state index < -0.39 is 30.6 Å². The Hall–Kier alpha value is -4.64. The Bertz CT molecular complexity index is 1630. The lowest BCUT2D eigenvalue weighted by Crippen LogP contribution is -2.36. The summed E-state index contributed by atoms with van der Waals surface area (Å²) in [6.45, 7) is 5.36. The lowest BCUT2D eigenvalue weighted by Gasteiger charge is -2.29. The van der Waals surface area contributed by atoms with Gasteiger partial charge in [-0.15, -0.1) is 0 Å². The molecule has 0 aromatic heterocycles. The van der Waals surface area contributed by atoms with Crippen molar-refractivity contribution in [3.8, 4) is 0 Å². The summed E-state index contributed by atoms with van der Waals surface area (Å²) in [5, 5.41) is 0.732. The van der Waals surface area contributed by atoms with E-state index in [-0.39, 0.29) is 51.4 Å². The SMILES string of the molecule is COC(=O)CN(CCOC=O)Cc1c(C)c(CN(CC(=O)OC)CC(=O)OC)c(C)c(C(=O)P(=O)(c2ccccc2)c2ccccc2)c1C. The Morgan fingerprint density at radius 3 is 1.47 bits per heavy atom. The molecule has 0 bridgehead atoms. The summed E-state index contributed by atoms with van der Waals surface area (Å²) in [7, 11) is -0.218. The molecule has 0 spiro atoms. The van der Waals surface area contributed by atoms with Gasteiger partial charge >= 0.3 is 17.9 Å². The first-order chi connectivity index (χ1) is 23.4. The van der Waals surface area contributed by atoms with Gasteiger partial charge in [-0.1, -0.05) is 60.7 Å². The zero-order valence-corrected chi connectivity index (χ0v) is 29.6. The predicted octanol–water partition coefficient (Wildman–Crippen LogP) is 3.06. The van der Waals surface area contributed by atoms with Crippen LogP contribution in [0.15, 0.2) is 60.7 Å². The number of nitrogens with zero attached hydrogens (tertiary/aromatic N) is 2. The zero-order valence-electron chi connectivity index (χ0n) is 28.7. The third-order valence-electron chi connectivity index (χ3n) is 8.40. The van der Waals surface area contributed by atoms with Crippen molar-refractivity contribution in [2.75, 3.05) is 54.1 Å². The van der Waals surface area contributed by atoms with Gasteiger partial charge in [-0.2, -0.15) is 0 Å². The van der Waals surface area contributed by atoms with Crippen LogP contribution in [0.5, 0.6) is 0 Å². The second-order valence-electron chi connectivity index (χ2n) is 11.3. The van der Waals surface area contributed by atoms with E-state index in [0.29, 0.717) is 39.3 Å². The number of hydrogen-bond acceptors (Lipinski definition) is 12. The standard InChI is InChI=1S/C36H43N2O10P/c1-25-30(19-37(17-18-48-24-39)21-32(40)45-4)26(2)35(27(3)31(25)20-38(22-33(41)46-5)23-34(42)47-6)36(43)49(44,28-13-9-7-10-14-28)29-15-11-8-12-16-29/h7-16,24H,17-23H2,1-6H3. The number of carbonyl (C=O) groups is 5. The first-order valence-electron chi connectivity index (χ1n) is 15.5. The highest BCUT2D eigenvalue weighted by atomic mass is 31.2. The molecule has 0 saturated heterocycles. The van der Waals surface area contributed by atoms with Crippen molar-refractivity contribution in [2.45, 2.75) is 33.9 Å². The van der Waals surface area contributed by atoms with E-state index in [1.165, 1.54) is 21.3 Å². The fraction of sp³-hybridized carbons (Fsp3) is 0.361. The van der Waals surface area contributed by atoms with Crippen LogP contribution in [-0.4, -0.2) is 93.8 Å². The van der Waals surface area contributed by atoms with E-state index in [2.05, 4.69) is 0 Å². The zero-order chi connectivity index (χ0) is 36.1. The highest BCUT2D eigenvalue weighted by molar-refractivity contribution is 7.93. The van der Waals surface area contributed by atoms with E-state index in [1.54, 1.807) is 84.3 Å². The van der Waals surface area contributed by atoms with Crippen molar-refractivity contribution in [3.05, 3.63) is 94.0 Å². The van der Waals surface area contributed by atoms with Crippen molar-refractivity contribution in [1.82, 2.24) is 9.80 Å². The molecule has 0 amide bonds. The van der Waals surface area contributed by atoms with E-state index in [1.807, 2.05) is 6.92 Å². The quantitative estimate of drug-likeness (QED) is 0.0634. The summed E-state index contributed by atoms with van der Waals surface area (Å²) in [4.78, 5) is 66.4. The summed E-state index contributed by atoms with van der Waals surface area (Å²) in [6, 6.07) is 17.2. The summed E-state index contributed by atoms with van der Waals surface area (Å²) >= 11 is 0. The molecule has 0 aliphatic heterocycles. The van der Waals surface area contributed by atoms with E-state index in [9.17, 15) is 19.2 Å². The van der Waals surface area contributed by atoms with E-state index >= 15 is 9.36 Å². The summed E-state index contributed by atoms with van der Waals surface area (Å²) < 4.78 is 34.9. The van der Waals surface area contributed by atoms with Crippen LogP contribution in [0.2, 0.25) is 0 Å². The van der Waals surface area contributed by atoms with Crippen molar-refractivity contribution in [1.29, 1.82) is 0 Å². The molecule has 12 nitrogen and oxygen atoms in total. The minimum Gasteiger partial charge on any atom is -0.468 e. The van der Waals surface area contributed by atoms with Crippen LogP contribution in [0.4, 0.5) is 0 Å².